The lowest BCUT2D eigenvalue weighted by Gasteiger charge is -2.24. The van der Waals surface area contributed by atoms with Crippen molar-refractivity contribution in [2.75, 3.05) is 6.54 Å². The summed E-state index contributed by atoms with van der Waals surface area (Å²) in [6.07, 6.45) is 2.65. The highest BCUT2D eigenvalue weighted by Gasteiger charge is 2.35. The van der Waals surface area contributed by atoms with E-state index in [-0.39, 0.29) is 18.0 Å². The summed E-state index contributed by atoms with van der Waals surface area (Å²) in [6.45, 7) is 0.573. The largest absolute Gasteiger partial charge is 0.467 e. The quantitative estimate of drug-likeness (QED) is 0.934. The normalized spacial score (nSPS) is 17.1. The Labute approximate surface area is 137 Å². The van der Waals surface area contributed by atoms with E-state index in [4.69, 9.17) is 4.42 Å². The molecule has 0 aliphatic carbocycles. The Bertz CT molecular complexity index is 746. The molecule has 3 rings (SSSR count). The third-order valence-corrected chi connectivity index (χ3v) is 3.99. The van der Waals surface area contributed by atoms with E-state index in [9.17, 15) is 18.4 Å². The second kappa shape index (κ2) is 6.82. The van der Waals surface area contributed by atoms with Gasteiger partial charge in [-0.05, 0) is 37.1 Å². The fraction of sp³-hybridized carbons (Fsp3) is 0.294. The number of carbonyl (C=O) groups excluding carboxylic acids is 2. The van der Waals surface area contributed by atoms with E-state index < -0.39 is 23.6 Å². The molecule has 0 bridgehead atoms. The van der Waals surface area contributed by atoms with Gasteiger partial charge in [-0.25, -0.2) is 8.78 Å². The molecular weight excluding hydrogens is 318 g/mol. The van der Waals surface area contributed by atoms with Gasteiger partial charge in [-0.2, -0.15) is 0 Å². The standard InChI is InChI=1S/C17H16F2N2O3/c18-11-5-6-13(14(19)9-11)17(23)21-7-1-4-15(21)16(22)20-10-12-3-2-8-24-12/h2-3,5-6,8-9,15H,1,4,7,10H2,(H,20,22)/t15-/m0/s1. The first-order valence-corrected chi connectivity index (χ1v) is 7.62. The highest BCUT2D eigenvalue weighted by molar-refractivity contribution is 5.98. The molecule has 1 aromatic heterocycles. The number of furan rings is 1. The van der Waals surface area contributed by atoms with Gasteiger partial charge >= 0.3 is 0 Å². The minimum absolute atomic E-state index is 0.218. The van der Waals surface area contributed by atoms with Crippen molar-refractivity contribution in [1.29, 1.82) is 0 Å². The van der Waals surface area contributed by atoms with Crippen LogP contribution in [0.15, 0.2) is 41.0 Å². The third kappa shape index (κ3) is 3.29. The van der Waals surface area contributed by atoms with Gasteiger partial charge in [-0.15, -0.1) is 0 Å². The number of carbonyl (C=O) groups is 2. The third-order valence-electron chi connectivity index (χ3n) is 3.99. The van der Waals surface area contributed by atoms with E-state index in [1.54, 1.807) is 12.1 Å². The van der Waals surface area contributed by atoms with Crippen molar-refractivity contribution >= 4 is 11.8 Å². The predicted octanol–water partition coefficient (Wildman–Crippen LogP) is 2.48. The van der Waals surface area contributed by atoms with Gasteiger partial charge in [0.05, 0.1) is 18.4 Å². The van der Waals surface area contributed by atoms with E-state index in [0.717, 1.165) is 12.1 Å². The van der Waals surface area contributed by atoms with Crippen LogP contribution in [0.2, 0.25) is 0 Å². The molecule has 0 saturated carbocycles. The minimum Gasteiger partial charge on any atom is -0.467 e. The van der Waals surface area contributed by atoms with Crippen LogP contribution in [-0.2, 0) is 11.3 Å². The number of likely N-dealkylation sites (tertiary alicyclic amines) is 1. The maximum absolute atomic E-state index is 13.8. The van der Waals surface area contributed by atoms with Crippen LogP contribution >= 0.6 is 0 Å². The number of rotatable bonds is 4. The molecule has 1 aromatic carbocycles. The summed E-state index contributed by atoms with van der Waals surface area (Å²) >= 11 is 0. The van der Waals surface area contributed by atoms with E-state index in [0.29, 0.717) is 31.2 Å². The molecular formula is C17H16F2N2O3. The summed E-state index contributed by atoms with van der Waals surface area (Å²) < 4.78 is 31.9. The van der Waals surface area contributed by atoms with Crippen LogP contribution in [0, 0.1) is 11.6 Å². The number of hydrogen-bond donors (Lipinski definition) is 1. The molecule has 5 nitrogen and oxygen atoms in total. The lowest BCUT2D eigenvalue weighted by molar-refractivity contribution is -0.125. The Kier molecular flexibility index (Phi) is 4.59. The van der Waals surface area contributed by atoms with Gasteiger partial charge in [0.1, 0.15) is 23.4 Å². The Morgan fingerprint density at radius 2 is 2.12 bits per heavy atom. The van der Waals surface area contributed by atoms with Crippen LogP contribution in [0.1, 0.15) is 29.0 Å². The molecule has 1 aliphatic heterocycles. The number of nitrogens with one attached hydrogen (secondary N) is 1. The predicted molar refractivity (Wildman–Crippen MR) is 81.0 cm³/mol. The Morgan fingerprint density at radius 3 is 2.83 bits per heavy atom. The molecule has 7 heteroatoms. The Balaban J connectivity index is 1.70. The van der Waals surface area contributed by atoms with Gasteiger partial charge in [0.15, 0.2) is 0 Å². The summed E-state index contributed by atoms with van der Waals surface area (Å²) in [6, 6.07) is 5.56. The zero-order valence-electron chi connectivity index (χ0n) is 12.8. The van der Waals surface area contributed by atoms with Gasteiger partial charge in [-0.3, -0.25) is 9.59 Å². The Morgan fingerprint density at radius 1 is 1.29 bits per heavy atom. The summed E-state index contributed by atoms with van der Waals surface area (Å²) in [5, 5.41) is 2.71. The molecule has 1 N–H and O–H groups in total. The van der Waals surface area contributed by atoms with Crippen molar-refractivity contribution < 1.29 is 22.8 Å². The van der Waals surface area contributed by atoms with Gasteiger partial charge < -0.3 is 14.6 Å². The number of nitrogens with zero attached hydrogens (tertiary/aromatic N) is 1. The second-order valence-corrected chi connectivity index (χ2v) is 5.58. The van der Waals surface area contributed by atoms with Crippen LogP contribution in [0.3, 0.4) is 0 Å². The first-order valence-electron chi connectivity index (χ1n) is 7.62. The number of halogens is 2. The number of benzene rings is 1. The lowest BCUT2D eigenvalue weighted by Crippen LogP contribution is -2.45. The molecule has 2 amide bonds. The van der Waals surface area contributed by atoms with Crippen molar-refractivity contribution in [3.8, 4) is 0 Å². The van der Waals surface area contributed by atoms with E-state index in [1.807, 2.05) is 0 Å². The summed E-state index contributed by atoms with van der Waals surface area (Å²) in [5.41, 5.74) is -0.234. The van der Waals surface area contributed by atoms with Crippen LogP contribution < -0.4 is 5.32 Å². The van der Waals surface area contributed by atoms with Crippen molar-refractivity contribution in [2.45, 2.75) is 25.4 Å². The van der Waals surface area contributed by atoms with E-state index >= 15 is 0 Å². The van der Waals surface area contributed by atoms with Gasteiger partial charge in [-0.1, -0.05) is 0 Å². The minimum atomic E-state index is -0.929. The molecule has 1 aliphatic rings. The molecule has 24 heavy (non-hydrogen) atoms. The molecule has 1 fully saturated rings. The first-order chi connectivity index (χ1) is 11.6. The average Bonchev–Trinajstić information content (AvgIpc) is 3.23. The molecule has 126 valence electrons. The number of amides is 2. The molecule has 0 spiro atoms. The van der Waals surface area contributed by atoms with Crippen molar-refractivity contribution in [3.63, 3.8) is 0 Å². The smallest absolute Gasteiger partial charge is 0.257 e. The highest BCUT2D eigenvalue weighted by Crippen LogP contribution is 2.22. The summed E-state index contributed by atoms with van der Waals surface area (Å²) in [4.78, 5) is 26.1. The SMILES string of the molecule is O=C(NCc1ccco1)[C@@H]1CCCN1C(=O)c1ccc(F)cc1F. The maximum Gasteiger partial charge on any atom is 0.257 e. The fourth-order valence-electron chi connectivity index (χ4n) is 2.81. The summed E-state index contributed by atoms with van der Waals surface area (Å²) in [5.74, 6) is -2.01. The number of hydrogen-bond acceptors (Lipinski definition) is 3. The van der Waals surface area contributed by atoms with Gasteiger partial charge in [0, 0.05) is 12.6 Å². The average molecular weight is 334 g/mol. The Hall–Kier alpha value is -2.70. The van der Waals surface area contributed by atoms with E-state index in [2.05, 4.69) is 5.32 Å². The van der Waals surface area contributed by atoms with Gasteiger partial charge in [0.2, 0.25) is 5.91 Å². The molecule has 1 saturated heterocycles. The second-order valence-electron chi connectivity index (χ2n) is 5.58. The van der Waals surface area contributed by atoms with Crippen molar-refractivity contribution in [1.82, 2.24) is 10.2 Å². The molecule has 1 atom stereocenters. The molecule has 2 heterocycles. The van der Waals surface area contributed by atoms with Crippen LogP contribution in [0.4, 0.5) is 8.78 Å². The summed E-state index contributed by atoms with van der Waals surface area (Å²) in [7, 11) is 0. The van der Waals surface area contributed by atoms with Crippen LogP contribution in [0.25, 0.3) is 0 Å². The maximum atomic E-state index is 13.8. The molecule has 0 unspecified atom stereocenters. The van der Waals surface area contributed by atoms with Crippen molar-refractivity contribution in [3.05, 3.63) is 59.6 Å². The lowest BCUT2D eigenvalue weighted by atomic mass is 10.1. The highest BCUT2D eigenvalue weighted by atomic mass is 19.1. The fourth-order valence-corrected chi connectivity index (χ4v) is 2.81. The topological polar surface area (TPSA) is 62.6 Å². The molecule has 0 radical (unpaired) electrons. The zero-order chi connectivity index (χ0) is 17.1. The van der Waals surface area contributed by atoms with E-state index in [1.165, 1.54) is 11.2 Å². The van der Waals surface area contributed by atoms with Crippen molar-refractivity contribution in [2.24, 2.45) is 0 Å². The monoisotopic (exact) mass is 334 g/mol. The first kappa shape index (κ1) is 16.2. The van der Waals surface area contributed by atoms with Crippen LogP contribution in [0.5, 0.6) is 0 Å². The molecule has 2 aromatic rings. The van der Waals surface area contributed by atoms with Gasteiger partial charge in [0.25, 0.3) is 5.91 Å². The van der Waals surface area contributed by atoms with Crippen LogP contribution in [-0.4, -0.2) is 29.3 Å². The zero-order valence-corrected chi connectivity index (χ0v) is 12.8.